The number of fused-ring (bicyclic) bond motifs is 2. The van der Waals surface area contributed by atoms with Gasteiger partial charge in [-0.3, -0.25) is 0 Å². The van der Waals surface area contributed by atoms with Crippen LogP contribution in [0.1, 0.15) is 24.1 Å². The quantitative estimate of drug-likeness (QED) is 0.898. The molecule has 2 aliphatic rings. The number of nitrogens with zero attached hydrogens (tertiary/aromatic N) is 1. The van der Waals surface area contributed by atoms with E-state index in [1.165, 1.54) is 17.8 Å². The summed E-state index contributed by atoms with van der Waals surface area (Å²) in [7, 11) is -3.28. The second-order valence-corrected chi connectivity index (χ2v) is 8.61. The Morgan fingerprint density at radius 1 is 1.28 bits per heavy atom. The average molecular weight is 286 g/mol. The molecule has 2 atom stereocenters. The monoisotopic (exact) mass is 286 g/mol. The van der Waals surface area contributed by atoms with Gasteiger partial charge in [0.2, 0.25) is 0 Å². The molecule has 4 nitrogen and oxygen atoms in total. The third kappa shape index (κ3) is 2.22. The van der Waals surface area contributed by atoms with Gasteiger partial charge in [-0.1, -0.05) is 0 Å². The van der Waals surface area contributed by atoms with Crippen molar-refractivity contribution >= 4 is 21.4 Å². The van der Waals surface area contributed by atoms with Crippen LogP contribution >= 0.6 is 11.3 Å². The second kappa shape index (κ2) is 4.59. The van der Waals surface area contributed by atoms with Crippen LogP contribution in [0.25, 0.3) is 0 Å². The maximum Gasteiger partial charge on any atom is 0.252 e. The third-order valence-electron chi connectivity index (χ3n) is 3.80. The molecule has 0 saturated carbocycles. The van der Waals surface area contributed by atoms with Gasteiger partial charge in [-0.25, -0.2) is 8.42 Å². The van der Waals surface area contributed by atoms with E-state index in [0.29, 0.717) is 29.4 Å². The number of sulfonamides is 1. The molecule has 0 aromatic carbocycles. The summed E-state index contributed by atoms with van der Waals surface area (Å²) in [4.78, 5) is 1.04. The van der Waals surface area contributed by atoms with Crippen molar-refractivity contribution in [3.63, 3.8) is 0 Å². The molecule has 1 N–H and O–H groups in total. The van der Waals surface area contributed by atoms with Crippen LogP contribution in [0, 0.1) is 6.92 Å². The van der Waals surface area contributed by atoms with Crippen LogP contribution in [0.3, 0.4) is 0 Å². The predicted octanol–water partition coefficient (Wildman–Crippen LogP) is 1.57. The lowest BCUT2D eigenvalue weighted by Crippen LogP contribution is -2.38. The molecule has 2 fully saturated rings. The van der Waals surface area contributed by atoms with Crippen molar-refractivity contribution in [2.24, 2.45) is 0 Å². The van der Waals surface area contributed by atoms with Gasteiger partial charge in [-0.2, -0.15) is 4.31 Å². The zero-order valence-corrected chi connectivity index (χ0v) is 12.1. The predicted molar refractivity (Wildman–Crippen MR) is 72.4 cm³/mol. The Labute approximate surface area is 112 Å². The number of aryl methyl sites for hydroxylation is 1. The first kappa shape index (κ1) is 12.6. The maximum atomic E-state index is 12.5. The summed E-state index contributed by atoms with van der Waals surface area (Å²) in [5.41, 5.74) is 0. The smallest absolute Gasteiger partial charge is 0.252 e. The fourth-order valence-electron chi connectivity index (χ4n) is 2.81. The van der Waals surface area contributed by atoms with Gasteiger partial charge >= 0.3 is 0 Å². The van der Waals surface area contributed by atoms with E-state index in [9.17, 15) is 8.42 Å². The number of nitrogens with one attached hydrogen (secondary N) is 1. The van der Waals surface area contributed by atoms with Gasteiger partial charge in [0.05, 0.1) is 0 Å². The molecule has 0 spiro atoms. The Morgan fingerprint density at radius 2 is 2.06 bits per heavy atom. The van der Waals surface area contributed by atoms with E-state index in [4.69, 9.17) is 0 Å². The van der Waals surface area contributed by atoms with E-state index in [-0.39, 0.29) is 0 Å². The summed E-state index contributed by atoms with van der Waals surface area (Å²) in [6.07, 6.45) is 3.22. The molecule has 3 rings (SSSR count). The minimum Gasteiger partial charge on any atom is -0.310 e. The van der Waals surface area contributed by atoms with Crippen molar-refractivity contribution in [1.29, 1.82) is 0 Å². The molecule has 0 amide bonds. The van der Waals surface area contributed by atoms with E-state index in [0.717, 1.165) is 17.7 Å². The van der Waals surface area contributed by atoms with Gasteiger partial charge in [-0.05, 0) is 38.3 Å². The van der Waals surface area contributed by atoms with Gasteiger partial charge in [0.1, 0.15) is 4.21 Å². The molecule has 2 bridgehead atoms. The summed E-state index contributed by atoms with van der Waals surface area (Å²) in [5.74, 6) is 0. The zero-order chi connectivity index (χ0) is 12.8. The Morgan fingerprint density at radius 3 is 2.78 bits per heavy atom. The Balaban J connectivity index is 1.85. The number of rotatable bonds is 2. The highest BCUT2D eigenvalue weighted by atomic mass is 32.2. The van der Waals surface area contributed by atoms with E-state index in [1.807, 2.05) is 13.0 Å². The van der Waals surface area contributed by atoms with Crippen molar-refractivity contribution in [3.8, 4) is 0 Å². The number of thiophene rings is 1. The van der Waals surface area contributed by atoms with Crippen LogP contribution in [-0.4, -0.2) is 37.9 Å². The van der Waals surface area contributed by atoms with Crippen molar-refractivity contribution in [1.82, 2.24) is 9.62 Å². The number of hydrogen-bond acceptors (Lipinski definition) is 4. The highest BCUT2D eigenvalue weighted by molar-refractivity contribution is 7.91. The minimum absolute atomic E-state index is 0.341. The first-order chi connectivity index (χ1) is 8.55. The van der Waals surface area contributed by atoms with Crippen LogP contribution < -0.4 is 5.32 Å². The first-order valence-electron chi connectivity index (χ1n) is 6.38. The maximum absolute atomic E-state index is 12.5. The van der Waals surface area contributed by atoms with Crippen LogP contribution in [0.15, 0.2) is 16.3 Å². The summed E-state index contributed by atoms with van der Waals surface area (Å²) in [5, 5.41) is 3.51. The first-order valence-corrected chi connectivity index (χ1v) is 8.64. The van der Waals surface area contributed by atoms with Gasteiger partial charge in [0, 0.05) is 30.1 Å². The van der Waals surface area contributed by atoms with Crippen LogP contribution in [0.5, 0.6) is 0 Å². The SMILES string of the molecule is Cc1ccc(S(=O)(=O)N2CCC3CCC(C2)N3)s1. The standard InChI is InChI=1S/C12H18N2O2S2/c1-9-2-5-12(17-9)18(15,16)14-7-6-10-3-4-11(8-14)13-10/h2,5,10-11,13H,3-4,6-8H2,1H3. The van der Waals surface area contributed by atoms with Gasteiger partial charge in [0.25, 0.3) is 10.0 Å². The summed E-state index contributed by atoms with van der Waals surface area (Å²) >= 11 is 1.37. The van der Waals surface area contributed by atoms with E-state index < -0.39 is 10.0 Å². The molecule has 1 aromatic heterocycles. The van der Waals surface area contributed by atoms with Crippen molar-refractivity contribution in [2.75, 3.05) is 13.1 Å². The lowest BCUT2D eigenvalue weighted by molar-refractivity contribution is 0.384. The summed E-state index contributed by atoms with van der Waals surface area (Å²) < 4.78 is 27.2. The lowest BCUT2D eigenvalue weighted by Gasteiger charge is -2.22. The topological polar surface area (TPSA) is 49.4 Å². The molecule has 100 valence electrons. The molecule has 18 heavy (non-hydrogen) atoms. The molecular weight excluding hydrogens is 268 g/mol. The van der Waals surface area contributed by atoms with E-state index in [2.05, 4.69) is 5.32 Å². The minimum atomic E-state index is -3.28. The van der Waals surface area contributed by atoms with E-state index >= 15 is 0 Å². The molecule has 1 aromatic rings. The second-order valence-electron chi connectivity index (χ2n) is 5.15. The van der Waals surface area contributed by atoms with Gasteiger partial charge in [-0.15, -0.1) is 11.3 Å². The van der Waals surface area contributed by atoms with Crippen molar-refractivity contribution < 1.29 is 8.42 Å². The Hall–Kier alpha value is -0.430. The molecule has 2 aliphatic heterocycles. The van der Waals surface area contributed by atoms with Crippen LogP contribution in [0.2, 0.25) is 0 Å². The average Bonchev–Trinajstić information content (AvgIpc) is 2.85. The summed E-state index contributed by atoms with van der Waals surface area (Å²) in [6, 6.07) is 4.46. The fraction of sp³-hybridized carbons (Fsp3) is 0.667. The fourth-order valence-corrected chi connectivity index (χ4v) is 5.75. The highest BCUT2D eigenvalue weighted by Crippen LogP contribution is 2.28. The molecule has 0 aliphatic carbocycles. The molecular formula is C12H18N2O2S2. The summed E-state index contributed by atoms with van der Waals surface area (Å²) in [6.45, 7) is 3.21. The molecule has 3 heterocycles. The van der Waals surface area contributed by atoms with Crippen LogP contribution in [-0.2, 0) is 10.0 Å². The molecule has 0 radical (unpaired) electrons. The zero-order valence-electron chi connectivity index (χ0n) is 10.4. The van der Waals surface area contributed by atoms with E-state index in [1.54, 1.807) is 10.4 Å². The van der Waals surface area contributed by atoms with Crippen molar-refractivity contribution in [3.05, 3.63) is 17.0 Å². The van der Waals surface area contributed by atoms with Gasteiger partial charge < -0.3 is 5.32 Å². The largest absolute Gasteiger partial charge is 0.310 e. The Bertz CT molecular complexity index is 538. The molecule has 2 unspecified atom stereocenters. The highest BCUT2D eigenvalue weighted by Gasteiger charge is 2.35. The lowest BCUT2D eigenvalue weighted by atomic mass is 10.1. The third-order valence-corrected chi connectivity index (χ3v) is 7.13. The molecule has 6 heteroatoms. The molecule has 2 saturated heterocycles. The van der Waals surface area contributed by atoms with Crippen molar-refractivity contribution in [2.45, 2.75) is 42.5 Å². The van der Waals surface area contributed by atoms with Gasteiger partial charge in [0.15, 0.2) is 0 Å². The van der Waals surface area contributed by atoms with Crippen LogP contribution in [0.4, 0.5) is 0 Å². The number of hydrogen-bond donors (Lipinski definition) is 1. The normalized spacial score (nSPS) is 29.4. The Kier molecular flexibility index (Phi) is 3.21.